The Labute approximate surface area is 244 Å². The zero-order valence-electron chi connectivity index (χ0n) is 23.6. The summed E-state index contributed by atoms with van der Waals surface area (Å²) in [6.45, 7) is 4.75. The van der Waals surface area contributed by atoms with E-state index in [2.05, 4.69) is 147 Å². The number of fused-ring (bicyclic) bond motifs is 9. The van der Waals surface area contributed by atoms with Gasteiger partial charge in [-0.05, 0) is 91.0 Å². The summed E-state index contributed by atoms with van der Waals surface area (Å²) in [7, 11) is 0. The Kier molecular flexibility index (Phi) is 4.73. The fourth-order valence-electron chi connectivity index (χ4n) is 7.34. The minimum atomic E-state index is -0.124. The minimum Gasteiger partial charge on any atom is -0.455 e. The van der Waals surface area contributed by atoms with Crippen molar-refractivity contribution in [2.45, 2.75) is 19.3 Å². The summed E-state index contributed by atoms with van der Waals surface area (Å²) >= 11 is 0. The molecule has 0 amide bonds. The summed E-state index contributed by atoms with van der Waals surface area (Å²) in [6, 6.07) is 48.7. The molecular formula is C41H28O. The highest BCUT2D eigenvalue weighted by molar-refractivity contribution is 6.19. The third kappa shape index (κ3) is 3.19. The maximum atomic E-state index is 6.50. The van der Waals surface area contributed by atoms with Gasteiger partial charge in [0.15, 0.2) is 0 Å². The van der Waals surface area contributed by atoms with Gasteiger partial charge in [0.25, 0.3) is 0 Å². The van der Waals surface area contributed by atoms with E-state index in [-0.39, 0.29) is 5.41 Å². The lowest BCUT2D eigenvalue weighted by atomic mass is 9.80. The van der Waals surface area contributed by atoms with Crippen LogP contribution in [-0.2, 0) is 5.41 Å². The molecule has 0 N–H and O–H groups in total. The van der Waals surface area contributed by atoms with Crippen molar-refractivity contribution in [1.29, 1.82) is 0 Å². The fourth-order valence-corrected chi connectivity index (χ4v) is 7.34. The number of benzene rings is 7. The topological polar surface area (TPSA) is 13.1 Å². The Hall–Kier alpha value is -5.14. The summed E-state index contributed by atoms with van der Waals surface area (Å²) in [6.07, 6.45) is 0. The van der Waals surface area contributed by atoms with Gasteiger partial charge in [-0.15, -0.1) is 0 Å². The summed E-state index contributed by atoms with van der Waals surface area (Å²) in [5.74, 6) is 0. The zero-order valence-corrected chi connectivity index (χ0v) is 23.6. The Morgan fingerprint density at radius 2 is 1.21 bits per heavy atom. The smallest absolute Gasteiger partial charge is 0.143 e. The van der Waals surface area contributed by atoms with Crippen LogP contribution in [0.2, 0.25) is 0 Å². The molecule has 1 nitrogen and oxygen atoms in total. The van der Waals surface area contributed by atoms with E-state index in [0.29, 0.717) is 0 Å². The molecule has 0 spiro atoms. The van der Waals surface area contributed by atoms with Crippen LogP contribution in [0.5, 0.6) is 0 Å². The lowest BCUT2D eigenvalue weighted by molar-refractivity contribution is 0.661. The van der Waals surface area contributed by atoms with Crippen LogP contribution in [0.25, 0.3) is 76.9 Å². The van der Waals surface area contributed by atoms with Crippen molar-refractivity contribution in [2.24, 2.45) is 0 Å². The van der Waals surface area contributed by atoms with Crippen LogP contribution in [0.3, 0.4) is 0 Å². The summed E-state index contributed by atoms with van der Waals surface area (Å²) in [5.41, 5.74) is 12.2. The second-order valence-electron chi connectivity index (χ2n) is 12.1. The first-order valence-electron chi connectivity index (χ1n) is 14.7. The van der Waals surface area contributed by atoms with E-state index in [4.69, 9.17) is 4.42 Å². The molecule has 0 saturated carbocycles. The second-order valence-corrected chi connectivity index (χ2v) is 12.1. The Bertz CT molecular complexity index is 2370. The third-order valence-corrected chi connectivity index (χ3v) is 9.46. The first kappa shape index (κ1) is 23.6. The van der Waals surface area contributed by atoms with Crippen LogP contribution in [0.15, 0.2) is 138 Å². The predicted molar refractivity (Wildman–Crippen MR) is 177 cm³/mol. The van der Waals surface area contributed by atoms with E-state index in [1.54, 1.807) is 0 Å². The van der Waals surface area contributed by atoms with Gasteiger partial charge in [-0.1, -0.05) is 117 Å². The standard InChI is InChI=1S/C41H28O/c1-41(2)36-23-28(30-16-9-17-38-39(30)33-21-18-26-12-6-7-14-31(26)40(33)42-38)19-20-32(36)35-22-27-13-8-15-29(34(27)24-37(35)41)25-10-4-3-5-11-25/h3-24H,1-2H3. The maximum Gasteiger partial charge on any atom is 0.143 e. The minimum absolute atomic E-state index is 0.124. The molecule has 1 aliphatic carbocycles. The van der Waals surface area contributed by atoms with Crippen LogP contribution in [0.1, 0.15) is 25.0 Å². The first-order valence-corrected chi connectivity index (χ1v) is 14.7. The van der Waals surface area contributed by atoms with Gasteiger partial charge >= 0.3 is 0 Å². The summed E-state index contributed by atoms with van der Waals surface area (Å²) in [4.78, 5) is 0. The van der Waals surface area contributed by atoms with Gasteiger partial charge in [0, 0.05) is 21.6 Å². The number of hydrogen-bond acceptors (Lipinski definition) is 1. The SMILES string of the molecule is CC1(C)c2cc(-c3cccc4oc5c6ccccc6ccc5c34)ccc2-c2cc3cccc(-c4ccccc4)c3cc21. The second kappa shape index (κ2) is 8.44. The van der Waals surface area contributed by atoms with Crippen LogP contribution in [0.4, 0.5) is 0 Å². The molecular weight excluding hydrogens is 508 g/mol. The molecule has 0 fully saturated rings. The lowest BCUT2D eigenvalue weighted by Gasteiger charge is -2.23. The first-order chi connectivity index (χ1) is 20.6. The lowest BCUT2D eigenvalue weighted by Crippen LogP contribution is -2.15. The van der Waals surface area contributed by atoms with Crippen LogP contribution >= 0.6 is 0 Å². The third-order valence-electron chi connectivity index (χ3n) is 9.46. The largest absolute Gasteiger partial charge is 0.455 e. The summed E-state index contributed by atoms with van der Waals surface area (Å²) < 4.78 is 6.50. The highest BCUT2D eigenvalue weighted by atomic mass is 16.3. The van der Waals surface area contributed by atoms with Gasteiger partial charge in [0.2, 0.25) is 0 Å². The van der Waals surface area contributed by atoms with Crippen molar-refractivity contribution in [2.75, 3.05) is 0 Å². The number of furan rings is 1. The molecule has 9 rings (SSSR count). The molecule has 1 heteroatoms. The Balaban J connectivity index is 1.24. The fraction of sp³-hybridized carbons (Fsp3) is 0.0732. The van der Waals surface area contributed by atoms with Gasteiger partial charge < -0.3 is 4.42 Å². The van der Waals surface area contributed by atoms with E-state index in [1.807, 2.05) is 0 Å². The van der Waals surface area contributed by atoms with Gasteiger partial charge in [-0.25, -0.2) is 0 Å². The van der Waals surface area contributed by atoms with Crippen LogP contribution in [-0.4, -0.2) is 0 Å². The molecule has 0 unspecified atom stereocenters. The quantitative estimate of drug-likeness (QED) is 0.214. The van der Waals surface area contributed by atoms with Gasteiger partial charge in [0.05, 0.1) is 0 Å². The van der Waals surface area contributed by atoms with E-state index < -0.39 is 0 Å². The van der Waals surface area contributed by atoms with Crippen molar-refractivity contribution in [3.63, 3.8) is 0 Å². The molecule has 0 bridgehead atoms. The molecule has 42 heavy (non-hydrogen) atoms. The number of hydrogen-bond donors (Lipinski definition) is 0. The van der Waals surface area contributed by atoms with Crippen molar-refractivity contribution in [1.82, 2.24) is 0 Å². The average molecular weight is 537 g/mol. The van der Waals surface area contributed by atoms with Crippen molar-refractivity contribution in [3.8, 4) is 33.4 Å². The van der Waals surface area contributed by atoms with Crippen molar-refractivity contribution >= 4 is 43.5 Å². The highest BCUT2D eigenvalue weighted by Crippen LogP contribution is 2.52. The predicted octanol–water partition coefficient (Wildman–Crippen LogP) is 11.5. The van der Waals surface area contributed by atoms with E-state index in [0.717, 1.165) is 16.6 Å². The summed E-state index contributed by atoms with van der Waals surface area (Å²) in [5, 5.41) is 7.30. The van der Waals surface area contributed by atoms with Gasteiger partial charge in [-0.3, -0.25) is 0 Å². The molecule has 1 heterocycles. The Morgan fingerprint density at radius 3 is 2.12 bits per heavy atom. The van der Waals surface area contributed by atoms with Crippen LogP contribution in [0, 0.1) is 0 Å². The highest BCUT2D eigenvalue weighted by Gasteiger charge is 2.36. The molecule has 0 radical (unpaired) electrons. The molecule has 0 atom stereocenters. The molecule has 8 aromatic rings. The van der Waals surface area contributed by atoms with Gasteiger partial charge in [0.1, 0.15) is 11.2 Å². The van der Waals surface area contributed by atoms with Crippen molar-refractivity contribution < 1.29 is 4.42 Å². The average Bonchev–Trinajstić information content (AvgIpc) is 3.53. The molecule has 198 valence electrons. The van der Waals surface area contributed by atoms with E-state index in [9.17, 15) is 0 Å². The molecule has 1 aliphatic rings. The van der Waals surface area contributed by atoms with Gasteiger partial charge in [-0.2, -0.15) is 0 Å². The van der Waals surface area contributed by atoms with Crippen molar-refractivity contribution in [3.05, 3.63) is 145 Å². The normalized spacial score (nSPS) is 13.7. The van der Waals surface area contributed by atoms with E-state index >= 15 is 0 Å². The monoisotopic (exact) mass is 536 g/mol. The maximum absolute atomic E-state index is 6.50. The number of rotatable bonds is 2. The zero-order chi connectivity index (χ0) is 28.0. The molecule has 0 aliphatic heterocycles. The molecule has 1 aromatic heterocycles. The van der Waals surface area contributed by atoms with Crippen LogP contribution < -0.4 is 0 Å². The Morgan fingerprint density at radius 1 is 0.452 bits per heavy atom. The molecule has 7 aromatic carbocycles. The molecule has 0 saturated heterocycles. The van der Waals surface area contributed by atoms with E-state index in [1.165, 1.54) is 71.4 Å².